The van der Waals surface area contributed by atoms with Crippen LogP contribution in [0.4, 0.5) is 0 Å². The van der Waals surface area contributed by atoms with Crippen LogP contribution >= 0.6 is 22.7 Å². The second kappa shape index (κ2) is 8.61. The minimum absolute atomic E-state index is 0.200. The molecule has 1 saturated carbocycles. The third-order valence-electron chi connectivity index (χ3n) is 5.24. The zero-order chi connectivity index (χ0) is 17.8. The highest BCUT2D eigenvalue weighted by atomic mass is 32.1. The first-order chi connectivity index (χ1) is 12.8. The molecule has 2 aromatic heterocycles. The van der Waals surface area contributed by atoms with Gasteiger partial charge in [0.2, 0.25) is 5.91 Å². The number of thiophene rings is 1. The summed E-state index contributed by atoms with van der Waals surface area (Å²) in [4.78, 5) is 22.9. The lowest BCUT2D eigenvalue weighted by molar-refractivity contribution is -0.123. The topological polar surface area (TPSA) is 48.5 Å². The van der Waals surface area contributed by atoms with Gasteiger partial charge in [-0.3, -0.25) is 14.6 Å². The van der Waals surface area contributed by atoms with Crippen LogP contribution in [0, 0.1) is 0 Å². The van der Waals surface area contributed by atoms with Crippen molar-refractivity contribution in [1.29, 1.82) is 0 Å². The van der Waals surface area contributed by atoms with E-state index in [1.165, 1.54) is 22.7 Å². The number of rotatable bonds is 6. The molecule has 5 nitrogen and oxygen atoms in total. The third kappa shape index (κ3) is 4.71. The van der Waals surface area contributed by atoms with Crippen LogP contribution in [0.25, 0.3) is 10.6 Å². The summed E-state index contributed by atoms with van der Waals surface area (Å²) in [6.07, 6.45) is 4.82. The van der Waals surface area contributed by atoms with Gasteiger partial charge in [0, 0.05) is 37.6 Å². The Labute approximate surface area is 163 Å². The van der Waals surface area contributed by atoms with Gasteiger partial charge < -0.3 is 5.32 Å². The molecule has 4 rings (SSSR count). The quantitative estimate of drug-likeness (QED) is 0.824. The summed E-state index contributed by atoms with van der Waals surface area (Å²) >= 11 is 3.49. The van der Waals surface area contributed by atoms with Gasteiger partial charge in [-0.05, 0) is 24.3 Å². The maximum atomic E-state index is 12.2. The first-order valence-corrected chi connectivity index (χ1v) is 11.2. The van der Waals surface area contributed by atoms with E-state index in [4.69, 9.17) is 4.98 Å². The average molecular weight is 391 g/mol. The lowest BCUT2D eigenvalue weighted by Crippen LogP contribution is -2.50. The number of carbonyl (C=O) groups excluding carboxylic acids is 1. The minimum atomic E-state index is 0.200. The Morgan fingerprint density at radius 2 is 1.92 bits per heavy atom. The van der Waals surface area contributed by atoms with Crippen LogP contribution in [0.1, 0.15) is 30.7 Å². The normalized spacial score (nSPS) is 19.8. The zero-order valence-electron chi connectivity index (χ0n) is 15.0. The molecule has 0 aromatic carbocycles. The molecule has 2 aliphatic rings. The fourth-order valence-corrected chi connectivity index (χ4v) is 5.36. The molecule has 2 aromatic rings. The van der Waals surface area contributed by atoms with Gasteiger partial charge in [-0.25, -0.2) is 4.98 Å². The average Bonchev–Trinajstić information content (AvgIpc) is 3.38. The standard InChI is InChI=1S/C19H26N4OS2/c24-18(20-15-4-1-2-5-15)12-22-7-9-23(10-8-22)13-19-21-16(14-26-19)17-6-3-11-25-17/h3,6,11,14-15H,1-2,4-5,7-10,12-13H2,(H,20,24). The van der Waals surface area contributed by atoms with Crippen molar-refractivity contribution in [1.82, 2.24) is 20.1 Å². The molecule has 1 N–H and O–H groups in total. The number of aromatic nitrogens is 1. The lowest BCUT2D eigenvalue weighted by Gasteiger charge is -2.34. The molecule has 1 aliphatic carbocycles. The number of nitrogens with one attached hydrogen (secondary N) is 1. The van der Waals surface area contributed by atoms with E-state index in [2.05, 4.69) is 38.0 Å². The first kappa shape index (κ1) is 18.1. The molecule has 0 unspecified atom stereocenters. The molecule has 1 amide bonds. The van der Waals surface area contributed by atoms with Gasteiger partial charge in [-0.2, -0.15) is 0 Å². The van der Waals surface area contributed by atoms with Crippen molar-refractivity contribution in [2.45, 2.75) is 38.3 Å². The van der Waals surface area contributed by atoms with Crippen molar-refractivity contribution in [3.05, 3.63) is 27.9 Å². The van der Waals surface area contributed by atoms with Crippen molar-refractivity contribution in [2.75, 3.05) is 32.7 Å². The van der Waals surface area contributed by atoms with Crippen molar-refractivity contribution < 1.29 is 4.79 Å². The molecule has 0 spiro atoms. The van der Waals surface area contributed by atoms with Gasteiger partial charge in [-0.1, -0.05) is 18.9 Å². The second-order valence-corrected chi connectivity index (χ2v) is 9.10. The fourth-order valence-electron chi connectivity index (χ4n) is 3.76. The van der Waals surface area contributed by atoms with E-state index < -0.39 is 0 Å². The molecule has 140 valence electrons. The summed E-state index contributed by atoms with van der Waals surface area (Å²) in [5, 5.41) is 8.62. The summed E-state index contributed by atoms with van der Waals surface area (Å²) in [7, 11) is 0. The molecular formula is C19H26N4OS2. The smallest absolute Gasteiger partial charge is 0.234 e. The Hall–Kier alpha value is -1.28. The molecular weight excluding hydrogens is 364 g/mol. The monoisotopic (exact) mass is 390 g/mol. The minimum Gasteiger partial charge on any atom is -0.352 e. The summed E-state index contributed by atoms with van der Waals surface area (Å²) in [6, 6.07) is 4.62. The van der Waals surface area contributed by atoms with Crippen LogP contribution in [0.2, 0.25) is 0 Å². The first-order valence-electron chi connectivity index (χ1n) is 9.48. The molecule has 0 radical (unpaired) electrons. The van der Waals surface area contributed by atoms with Crippen molar-refractivity contribution in [3.63, 3.8) is 0 Å². The highest BCUT2D eigenvalue weighted by Crippen LogP contribution is 2.26. The van der Waals surface area contributed by atoms with E-state index in [1.807, 2.05) is 0 Å². The zero-order valence-corrected chi connectivity index (χ0v) is 16.7. The highest BCUT2D eigenvalue weighted by Gasteiger charge is 2.22. The predicted molar refractivity (Wildman–Crippen MR) is 108 cm³/mol. The van der Waals surface area contributed by atoms with E-state index in [-0.39, 0.29) is 5.91 Å². The van der Waals surface area contributed by atoms with E-state index >= 15 is 0 Å². The van der Waals surface area contributed by atoms with Crippen LogP contribution in [-0.4, -0.2) is 59.5 Å². The number of hydrogen-bond donors (Lipinski definition) is 1. The van der Waals surface area contributed by atoms with Crippen LogP contribution in [0.5, 0.6) is 0 Å². The van der Waals surface area contributed by atoms with Crippen LogP contribution in [0.3, 0.4) is 0 Å². The SMILES string of the molecule is O=C(CN1CCN(Cc2nc(-c3cccs3)cs2)CC1)NC1CCCC1. The molecule has 0 bridgehead atoms. The van der Waals surface area contributed by atoms with Gasteiger partial charge in [0.15, 0.2) is 0 Å². The largest absolute Gasteiger partial charge is 0.352 e. The number of hydrogen-bond acceptors (Lipinski definition) is 6. The Kier molecular flexibility index (Phi) is 5.99. The summed E-state index contributed by atoms with van der Waals surface area (Å²) < 4.78 is 0. The van der Waals surface area contributed by atoms with Gasteiger partial charge >= 0.3 is 0 Å². The van der Waals surface area contributed by atoms with E-state index in [0.29, 0.717) is 12.6 Å². The second-order valence-electron chi connectivity index (χ2n) is 7.20. The van der Waals surface area contributed by atoms with Crippen molar-refractivity contribution in [2.24, 2.45) is 0 Å². The lowest BCUT2D eigenvalue weighted by atomic mass is 10.2. The summed E-state index contributed by atoms with van der Waals surface area (Å²) in [5.74, 6) is 0.200. The predicted octanol–water partition coefficient (Wildman–Crippen LogP) is 3.05. The van der Waals surface area contributed by atoms with Gasteiger partial charge in [0.25, 0.3) is 0 Å². The summed E-state index contributed by atoms with van der Waals surface area (Å²) in [6.45, 7) is 5.39. The molecule has 7 heteroatoms. The number of carbonyl (C=O) groups is 1. The van der Waals surface area contributed by atoms with Gasteiger partial charge in [0.1, 0.15) is 5.01 Å². The molecule has 1 saturated heterocycles. The van der Waals surface area contributed by atoms with Crippen molar-refractivity contribution in [3.8, 4) is 10.6 Å². The molecule has 0 atom stereocenters. The molecule has 26 heavy (non-hydrogen) atoms. The summed E-state index contributed by atoms with van der Waals surface area (Å²) in [5.41, 5.74) is 1.10. The number of piperazine rings is 1. The van der Waals surface area contributed by atoms with E-state index in [9.17, 15) is 4.79 Å². The maximum Gasteiger partial charge on any atom is 0.234 e. The molecule has 2 fully saturated rings. The van der Waals surface area contributed by atoms with Crippen LogP contribution in [-0.2, 0) is 11.3 Å². The molecule has 3 heterocycles. The Morgan fingerprint density at radius 3 is 2.65 bits per heavy atom. The van der Waals surface area contributed by atoms with E-state index in [1.54, 1.807) is 22.7 Å². The number of thiazole rings is 1. The Balaban J connectivity index is 1.20. The Morgan fingerprint density at radius 1 is 1.15 bits per heavy atom. The molecule has 1 aliphatic heterocycles. The van der Waals surface area contributed by atoms with Crippen LogP contribution in [0.15, 0.2) is 22.9 Å². The number of amides is 1. The number of nitrogens with zero attached hydrogens (tertiary/aromatic N) is 3. The van der Waals surface area contributed by atoms with Crippen molar-refractivity contribution >= 4 is 28.6 Å². The highest BCUT2D eigenvalue weighted by molar-refractivity contribution is 7.14. The Bertz CT molecular complexity index is 701. The van der Waals surface area contributed by atoms with E-state index in [0.717, 1.165) is 51.3 Å². The maximum absolute atomic E-state index is 12.2. The third-order valence-corrected chi connectivity index (χ3v) is 6.96. The van der Waals surface area contributed by atoms with Gasteiger partial charge in [-0.15, -0.1) is 22.7 Å². The fraction of sp³-hybridized carbons (Fsp3) is 0.579. The van der Waals surface area contributed by atoms with Crippen LogP contribution < -0.4 is 5.32 Å². The van der Waals surface area contributed by atoms with Gasteiger partial charge in [0.05, 0.1) is 23.7 Å².